The number of carbonyl (C=O) groups is 1. The lowest BCUT2D eigenvalue weighted by Crippen LogP contribution is -2.38. The molecular formula is C20H23F4N3O3. The highest BCUT2D eigenvalue weighted by molar-refractivity contribution is 5.94. The first kappa shape index (κ1) is 22.1. The Morgan fingerprint density at radius 3 is 2.43 bits per heavy atom. The molecule has 1 fully saturated rings. The highest BCUT2D eigenvalue weighted by Crippen LogP contribution is 2.23. The van der Waals surface area contributed by atoms with Crippen molar-refractivity contribution in [3.63, 3.8) is 0 Å². The summed E-state index contributed by atoms with van der Waals surface area (Å²) in [7, 11) is 0. The van der Waals surface area contributed by atoms with Crippen molar-refractivity contribution in [1.29, 1.82) is 0 Å². The molecule has 30 heavy (non-hydrogen) atoms. The van der Waals surface area contributed by atoms with Crippen LogP contribution in [0.15, 0.2) is 16.5 Å². The van der Waals surface area contributed by atoms with Crippen molar-refractivity contribution in [2.75, 3.05) is 19.6 Å². The number of aryl methyl sites for hydroxylation is 2. The molecule has 1 amide bonds. The lowest BCUT2D eigenvalue weighted by atomic mass is 9.96. The van der Waals surface area contributed by atoms with Crippen LogP contribution in [0.5, 0.6) is 5.75 Å². The molecule has 0 atom stereocenters. The van der Waals surface area contributed by atoms with Gasteiger partial charge in [0.2, 0.25) is 5.89 Å². The number of nitrogens with one attached hydrogen (secondary N) is 1. The van der Waals surface area contributed by atoms with Gasteiger partial charge in [0.15, 0.2) is 0 Å². The summed E-state index contributed by atoms with van der Waals surface area (Å²) in [5.74, 6) is -2.49. The maximum absolute atomic E-state index is 14.0. The summed E-state index contributed by atoms with van der Waals surface area (Å²) >= 11 is 0. The fraction of sp³-hybridized carbons (Fsp3) is 0.500. The Bertz CT molecular complexity index is 853. The first-order chi connectivity index (χ1) is 14.2. The van der Waals surface area contributed by atoms with E-state index in [1.54, 1.807) is 0 Å². The Labute approximate surface area is 171 Å². The first-order valence-electron chi connectivity index (χ1n) is 9.60. The van der Waals surface area contributed by atoms with Crippen LogP contribution in [0.3, 0.4) is 0 Å². The number of amides is 1. The number of alkyl halides is 2. The lowest BCUT2D eigenvalue weighted by molar-refractivity contribution is -0.0501. The highest BCUT2D eigenvalue weighted by atomic mass is 19.3. The van der Waals surface area contributed by atoms with Gasteiger partial charge in [0.25, 0.3) is 5.91 Å². The number of hydrogen-bond acceptors (Lipinski definition) is 5. The van der Waals surface area contributed by atoms with Crippen molar-refractivity contribution in [3.8, 4) is 5.75 Å². The number of halogens is 4. The van der Waals surface area contributed by atoms with Gasteiger partial charge in [-0.25, -0.2) is 13.8 Å². The second-order valence-electron chi connectivity index (χ2n) is 7.32. The average Bonchev–Trinajstić information content (AvgIpc) is 2.97. The number of hydrogen-bond donors (Lipinski definition) is 1. The summed E-state index contributed by atoms with van der Waals surface area (Å²) < 4.78 is 62.0. The maximum Gasteiger partial charge on any atom is 0.387 e. The quantitative estimate of drug-likeness (QED) is 0.678. The van der Waals surface area contributed by atoms with E-state index in [9.17, 15) is 22.4 Å². The van der Waals surface area contributed by atoms with Gasteiger partial charge in [0, 0.05) is 18.7 Å². The molecule has 1 aromatic carbocycles. The van der Waals surface area contributed by atoms with Crippen molar-refractivity contribution in [2.45, 2.75) is 39.8 Å². The maximum atomic E-state index is 14.0. The zero-order valence-corrected chi connectivity index (χ0v) is 16.7. The second kappa shape index (κ2) is 9.46. The Hall–Kier alpha value is -2.62. The fourth-order valence-electron chi connectivity index (χ4n) is 3.41. The van der Waals surface area contributed by atoms with Gasteiger partial charge in [0.1, 0.15) is 28.7 Å². The standard InChI is InChI=1S/C20H23F4N3O3/c1-11-12(2)29-17(26-11)10-27-5-3-13(4-6-27)9-25-19(28)18-15(21)7-14(8-16(18)22)30-20(23)24/h7-8,13,20H,3-6,9-10H2,1-2H3,(H,25,28). The predicted octanol–water partition coefficient (Wildman–Crippen LogP) is 3.81. The molecule has 6 nitrogen and oxygen atoms in total. The van der Waals surface area contributed by atoms with Crippen LogP contribution in [0.1, 0.15) is 40.5 Å². The van der Waals surface area contributed by atoms with Crippen molar-refractivity contribution < 1.29 is 31.5 Å². The summed E-state index contributed by atoms with van der Waals surface area (Å²) in [5, 5.41) is 2.53. The molecule has 1 saturated heterocycles. The highest BCUT2D eigenvalue weighted by Gasteiger charge is 2.24. The molecule has 1 aliphatic rings. The van der Waals surface area contributed by atoms with Gasteiger partial charge in [0.05, 0.1) is 12.2 Å². The number of benzene rings is 1. The van der Waals surface area contributed by atoms with E-state index in [0.29, 0.717) is 24.6 Å². The minimum Gasteiger partial charge on any atom is -0.444 e. The van der Waals surface area contributed by atoms with Crippen LogP contribution >= 0.6 is 0 Å². The normalized spacial score (nSPS) is 15.6. The van der Waals surface area contributed by atoms with Crippen LogP contribution in [0.2, 0.25) is 0 Å². The summed E-state index contributed by atoms with van der Waals surface area (Å²) in [6.45, 7) is 2.97. The number of aromatic nitrogens is 1. The predicted molar refractivity (Wildman–Crippen MR) is 99.3 cm³/mol. The van der Waals surface area contributed by atoms with Crippen molar-refractivity contribution in [1.82, 2.24) is 15.2 Å². The minimum atomic E-state index is -3.22. The van der Waals surface area contributed by atoms with E-state index in [1.807, 2.05) is 13.8 Å². The lowest BCUT2D eigenvalue weighted by Gasteiger charge is -2.31. The van der Waals surface area contributed by atoms with E-state index >= 15 is 0 Å². The van der Waals surface area contributed by atoms with E-state index in [0.717, 1.165) is 37.4 Å². The van der Waals surface area contributed by atoms with Crippen LogP contribution in [0, 0.1) is 31.4 Å². The third-order valence-corrected chi connectivity index (χ3v) is 5.16. The van der Waals surface area contributed by atoms with Gasteiger partial charge in [-0.2, -0.15) is 8.78 Å². The summed E-state index contributed by atoms with van der Waals surface area (Å²) in [6.07, 6.45) is 1.59. The van der Waals surface area contributed by atoms with Crippen LogP contribution < -0.4 is 10.1 Å². The number of piperidine rings is 1. The Morgan fingerprint density at radius 2 is 1.90 bits per heavy atom. The Kier molecular flexibility index (Phi) is 6.96. The van der Waals surface area contributed by atoms with E-state index in [-0.39, 0.29) is 12.5 Å². The minimum absolute atomic E-state index is 0.158. The molecule has 10 heteroatoms. The van der Waals surface area contributed by atoms with Crippen molar-refractivity contribution >= 4 is 5.91 Å². The third kappa shape index (κ3) is 5.50. The molecule has 1 N–H and O–H groups in total. The molecule has 0 aliphatic carbocycles. The largest absolute Gasteiger partial charge is 0.444 e. The average molecular weight is 429 g/mol. The molecule has 164 valence electrons. The van der Waals surface area contributed by atoms with Gasteiger partial charge in [-0.05, 0) is 45.7 Å². The number of oxazole rings is 1. The summed E-state index contributed by atoms with van der Waals surface area (Å²) in [4.78, 5) is 18.8. The molecule has 2 heterocycles. The van der Waals surface area contributed by atoms with Gasteiger partial charge in [-0.1, -0.05) is 0 Å². The molecule has 1 aromatic heterocycles. The van der Waals surface area contributed by atoms with Crippen LogP contribution in [0.4, 0.5) is 17.6 Å². The molecule has 2 aromatic rings. The molecule has 3 rings (SSSR count). The summed E-state index contributed by atoms with van der Waals surface area (Å²) in [5.41, 5.74) is 0.0551. The molecule has 1 aliphatic heterocycles. The van der Waals surface area contributed by atoms with Crippen molar-refractivity contribution in [3.05, 3.63) is 46.7 Å². The van der Waals surface area contributed by atoms with Crippen LogP contribution in [-0.2, 0) is 6.54 Å². The van der Waals surface area contributed by atoms with E-state index in [4.69, 9.17) is 4.42 Å². The third-order valence-electron chi connectivity index (χ3n) is 5.16. The fourth-order valence-corrected chi connectivity index (χ4v) is 3.41. The molecule has 0 radical (unpaired) electrons. The van der Waals surface area contributed by atoms with Crippen molar-refractivity contribution in [2.24, 2.45) is 5.92 Å². The van der Waals surface area contributed by atoms with Gasteiger partial charge < -0.3 is 14.5 Å². The number of likely N-dealkylation sites (tertiary alicyclic amines) is 1. The summed E-state index contributed by atoms with van der Waals surface area (Å²) in [6, 6.07) is 1.13. The first-order valence-corrected chi connectivity index (χ1v) is 9.60. The molecule has 0 saturated carbocycles. The van der Waals surface area contributed by atoms with Crippen LogP contribution in [-0.4, -0.2) is 42.0 Å². The van der Waals surface area contributed by atoms with E-state index in [2.05, 4.69) is 19.9 Å². The zero-order valence-electron chi connectivity index (χ0n) is 16.7. The van der Waals surface area contributed by atoms with Gasteiger partial charge in [-0.3, -0.25) is 9.69 Å². The number of ether oxygens (including phenoxy) is 1. The van der Waals surface area contributed by atoms with Gasteiger partial charge >= 0.3 is 6.61 Å². The Morgan fingerprint density at radius 1 is 1.27 bits per heavy atom. The Balaban J connectivity index is 1.49. The van der Waals surface area contributed by atoms with E-state index in [1.165, 1.54) is 0 Å². The molecular weight excluding hydrogens is 406 g/mol. The number of rotatable bonds is 7. The monoisotopic (exact) mass is 429 g/mol. The molecule has 0 unspecified atom stereocenters. The topological polar surface area (TPSA) is 67.6 Å². The SMILES string of the molecule is Cc1nc(CN2CCC(CNC(=O)c3c(F)cc(OC(F)F)cc3F)CC2)oc1C. The second-order valence-corrected chi connectivity index (χ2v) is 7.32. The number of carbonyl (C=O) groups excluding carboxylic acids is 1. The van der Waals surface area contributed by atoms with Gasteiger partial charge in [-0.15, -0.1) is 0 Å². The van der Waals surface area contributed by atoms with E-state index < -0.39 is 35.5 Å². The van der Waals surface area contributed by atoms with Crippen LogP contribution in [0.25, 0.3) is 0 Å². The zero-order chi connectivity index (χ0) is 21.8. The smallest absolute Gasteiger partial charge is 0.387 e. The molecule has 0 bridgehead atoms. The molecule has 0 spiro atoms. The number of nitrogens with zero attached hydrogens (tertiary/aromatic N) is 2.